The van der Waals surface area contributed by atoms with Crippen molar-refractivity contribution in [2.75, 3.05) is 25.1 Å². The third kappa shape index (κ3) is 3.11. The zero-order valence-corrected chi connectivity index (χ0v) is 10.7. The van der Waals surface area contributed by atoms with Crippen LogP contribution >= 0.6 is 0 Å². The summed E-state index contributed by atoms with van der Waals surface area (Å²) in [6.45, 7) is 3.85. The van der Waals surface area contributed by atoms with E-state index in [2.05, 4.69) is 5.32 Å². The minimum Gasteiger partial charge on any atom is -0.395 e. The quantitative estimate of drug-likeness (QED) is 0.811. The van der Waals surface area contributed by atoms with Crippen LogP contribution in [0.15, 0.2) is 16.9 Å². The van der Waals surface area contributed by atoms with Crippen LogP contribution in [0.3, 0.4) is 0 Å². The molecule has 0 radical (unpaired) electrons. The normalized spacial score (nSPS) is 19.1. The molecule has 1 fully saturated rings. The summed E-state index contributed by atoms with van der Waals surface area (Å²) in [5, 5.41) is 11.8. The van der Waals surface area contributed by atoms with Crippen molar-refractivity contribution in [3.63, 3.8) is 0 Å². The number of anilines is 1. The minimum absolute atomic E-state index is 0.0223. The Morgan fingerprint density at radius 2 is 2.39 bits per heavy atom. The molecule has 1 aromatic rings. The lowest BCUT2D eigenvalue weighted by atomic mass is 10.2. The highest BCUT2D eigenvalue weighted by Gasteiger charge is 2.17. The van der Waals surface area contributed by atoms with Gasteiger partial charge in [0.15, 0.2) is 0 Å². The van der Waals surface area contributed by atoms with E-state index in [1.807, 2.05) is 13.0 Å². The molecule has 0 amide bonds. The van der Waals surface area contributed by atoms with Crippen LogP contribution in [-0.2, 0) is 11.3 Å². The van der Waals surface area contributed by atoms with Gasteiger partial charge in [0.25, 0.3) is 5.56 Å². The molecule has 1 aromatic heterocycles. The molecule has 2 heterocycles. The maximum Gasteiger partial charge on any atom is 0.252 e. The number of aliphatic hydroxyl groups excluding tert-OH is 1. The number of hydrogen-bond donors (Lipinski definition) is 2. The predicted molar refractivity (Wildman–Crippen MR) is 70.0 cm³/mol. The molecule has 0 bridgehead atoms. The van der Waals surface area contributed by atoms with Gasteiger partial charge in [-0.1, -0.05) is 0 Å². The van der Waals surface area contributed by atoms with E-state index in [1.54, 1.807) is 10.6 Å². The van der Waals surface area contributed by atoms with Crippen molar-refractivity contribution < 1.29 is 9.84 Å². The Morgan fingerprint density at radius 3 is 3.00 bits per heavy atom. The fourth-order valence-electron chi connectivity index (χ4n) is 2.26. The Hall–Kier alpha value is -1.33. The standard InChI is InChI=1S/C13H20N2O3/c1-10-7-11(14-4-5-16)8-13(17)15(10)9-12-3-2-6-18-12/h7-8,12,14,16H,2-6,9H2,1H3. The Balaban J connectivity index is 2.12. The number of nitrogens with zero attached hydrogens (tertiary/aromatic N) is 1. The molecule has 18 heavy (non-hydrogen) atoms. The number of pyridine rings is 1. The van der Waals surface area contributed by atoms with E-state index in [0.29, 0.717) is 13.1 Å². The van der Waals surface area contributed by atoms with Gasteiger partial charge in [0.1, 0.15) is 0 Å². The molecule has 1 unspecified atom stereocenters. The summed E-state index contributed by atoms with van der Waals surface area (Å²) in [7, 11) is 0. The average Bonchev–Trinajstić information content (AvgIpc) is 2.84. The molecule has 2 rings (SSSR count). The van der Waals surface area contributed by atoms with Gasteiger partial charge in [-0.15, -0.1) is 0 Å². The van der Waals surface area contributed by atoms with Gasteiger partial charge in [-0.05, 0) is 25.8 Å². The van der Waals surface area contributed by atoms with Gasteiger partial charge in [0, 0.05) is 30.6 Å². The van der Waals surface area contributed by atoms with E-state index in [9.17, 15) is 4.79 Å². The third-order valence-electron chi connectivity index (χ3n) is 3.19. The van der Waals surface area contributed by atoms with Gasteiger partial charge in [0.2, 0.25) is 0 Å². The second kappa shape index (κ2) is 6.02. The molecule has 5 heteroatoms. The summed E-state index contributed by atoms with van der Waals surface area (Å²) in [4.78, 5) is 12.0. The van der Waals surface area contributed by atoms with E-state index >= 15 is 0 Å². The average molecular weight is 252 g/mol. The van der Waals surface area contributed by atoms with Crippen molar-refractivity contribution in [1.29, 1.82) is 0 Å². The highest BCUT2D eigenvalue weighted by Crippen LogP contribution is 2.15. The third-order valence-corrected chi connectivity index (χ3v) is 3.19. The first-order valence-electron chi connectivity index (χ1n) is 6.38. The van der Waals surface area contributed by atoms with Gasteiger partial charge >= 0.3 is 0 Å². The molecule has 100 valence electrons. The maximum absolute atomic E-state index is 12.0. The Bertz CT molecular complexity index is 450. The molecule has 0 aromatic carbocycles. The summed E-state index contributed by atoms with van der Waals surface area (Å²) in [6, 6.07) is 3.49. The highest BCUT2D eigenvalue weighted by molar-refractivity contribution is 5.43. The van der Waals surface area contributed by atoms with Crippen molar-refractivity contribution >= 4 is 5.69 Å². The smallest absolute Gasteiger partial charge is 0.252 e. The minimum atomic E-state index is -0.0223. The Labute approximate surface area is 106 Å². The van der Waals surface area contributed by atoms with Crippen molar-refractivity contribution in [3.8, 4) is 0 Å². The molecular formula is C13H20N2O3. The van der Waals surface area contributed by atoms with Crippen LogP contribution in [0.2, 0.25) is 0 Å². The highest BCUT2D eigenvalue weighted by atomic mass is 16.5. The molecule has 1 aliphatic heterocycles. The van der Waals surface area contributed by atoms with Crippen molar-refractivity contribution in [2.45, 2.75) is 32.4 Å². The lowest BCUT2D eigenvalue weighted by molar-refractivity contribution is 0.0956. The molecule has 1 saturated heterocycles. The predicted octanol–water partition coefficient (Wildman–Crippen LogP) is 0.740. The molecule has 2 N–H and O–H groups in total. The van der Waals surface area contributed by atoms with Crippen molar-refractivity contribution in [2.24, 2.45) is 0 Å². The van der Waals surface area contributed by atoms with Gasteiger partial charge in [-0.2, -0.15) is 0 Å². The van der Waals surface area contributed by atoms with Crippen LogP contribution in [0, 0.1) is 6.92 Å². The zero-order chi connectivity index (χ0) is 13.0. The molecule has 0 aliphatic carbocycles. The fraction of sp³-hybridized carbons (Fsp3) is 0.615. The molecular weight excluding hydrogens is 232 g/mol. The van der Waals surface area contributed by atoms with Crippen LogP contribution in [0.5, 0.6) is 0 Å². The summed E-state index contributed by atoms with van der Waals surface area (Å²) < 4.78 is 7.30. The van der Waals surface area contributed by atoms with Crippen LogP contribution in [-0.4, -0.2) is 35.5 Å². The molecule has 5 nitrogen and oxygen atoms in total. The monoisotopic (exact) mass is 252 g/mol. The van der Waals surface area contributed by atoms with E-state index in [0.717, 1.165) is 30.8 Å². The number of nitrogens with one attached hydrogen (secondary N) is 1. The molecule has 1 atom stereocenters. The number of rotatable bonds is 5. The Kier molecular flexibility index (Phi) is 4.38. The van der Waals surface area contributed by atoms with Crippen LogP contribution in [0.1, 0.15) is 18.5 Å². The summed E-state index contributed by atoms with van der Waals surface area (Å²) >= 11 is 0. The summed E-state index contributed by atoms with van der Waals surface area (Å²) in [5.41, 5.74) is 1.65. The van der Waals surface area contributed by atoms with Crippen molar-refractivity contribution in [1.82, 2.24) is 4.57 Å². The topological polar surface area (TPSA) is 63.5 Å². The lowest BCUT2D eigenvalue weighted by Crippen LogP contribution is -2.28. The van der Waals surface area contributed by atoms with Crippen LogP contribution in [0.25, 0.3) is 0 Å². The van der Waals surface area contributed by atoms with E-state index in [-0.39, 0.29) is 18.3 Å². The molecule has 0 saturated carbocycles. The van der Waals surface area contributed by atoms with Gasteiger partial charge in [-0.25, -0.2) is 0 Å². The van der Waals surface area contributed by atoms with Crippen LogP contribution in [0.4, 0.5) is 5.69 Å². The first-order valence-corrected chi connectivity index (χ1v) is 6.38. The Morgan fingerprint density at radius 1 is 1.56 bits per heavy atom. The van der Waals surface area contributed by atoms with Crippen molar-refractivity contribution in [3.05, 3.63) is 28.2 Å². The van der Waals surface area contributed by atoms with E-state index < -0.39 is 0 Å². The molecule has 1 aliphatic rings. The number of aromatic nitrogens is 1. The summed E-state index contributed by atoms with van der Waals surface area (Å²) in [5.74, 6) is 0. The number of ether oxygens (including phenoxy) is 1. The molecule has 0 spiro atoms. The lowest BCUT2D eigenvalue weighted by Gasteiger charge is -2.15. The number of aliphatic hydroxyl groups is 1. The second-order valence-corrected chi connectivity index (χ2v) is 4.62. The number of aryl methyl sites for hydroxylation is 1. The van der Waals surface area contributed by atoms with E-state index in [1.165, 1.54) is 0 Å². The van der Waals surface area contributed by atoms with Crippen LogP contribution < -0.4 is 10.9 Å². The summed E-state index contributed by atoms with van der Waals surface area (Å²) in [6.07, 6.45) is 2.27. The first kappa shape index (κ1) is 13.1. The zero-order valence-electron chi connectivity index (χ0n) is 10.7. The largest absolute Gasteiger partial charge is 0.395 e. The fourth-order valence-corrected chi connectivity index (χ4v) is 2.26. The van der Waals surface area contributed by atoms with Gasteiger partial charge in [-0.3, -0.25) is 4.79 Å². The van der Waals surface area contributed by atoms with E-state index in [4.69, 9.17) is 9.84 Å². The van der Waals surface area contributed by atoms with Gasteiger partial charge in [0.05, 0.1) is 19.3 Å². The number of hydrogen-bond acceptors (Lipinski definition) is 4. The first-order chi connectivity index (χ1) is 8.70. The second-order valence-electron chi connectivity index (χ2n) is 4.62. The SMILES string of the molecule is Cc1cc(NCCO)cc(=O)n1CC1CCCO1. The maximum atomic E-state index is 12.0. The van der Waals surface area contributed by atoms with Gasteiger partial charge < -0.3 is 19.7 Å².